The second kappa shape index (κ2) is 21.1. The average Bonchev–Trinajstić information content (AvgIpc) is 3.63. The van der Waals surface area contributed by atoms with Crippen LogP contribution in [0.3, 0.4) is 0 Å². The largest absolute Gasteiger partial charge is 0.497 e. The third-order valence-electron chi connectivity index (χ3n) is 10.5. The van der Waals surface area contributed by atoms with Gasteiger partial charge in [-0.1, -0.05) is 60.1 Å². The average molecular weight is 787 g/mol. The van der Waals surface area contributed by atoms with Crippen molar-refractivity contribution >= 4 is 41.4 Å². The van der Waals surface area contributed by atoms with Gasteiger partial charge in [0.05, 0.1) is 38.5 Å². The van der Waals surface area contributed by atoms with E-state index in [4.69, 9.17) is 14.2 Å². The summed E-state index contributed by atoms with van der Waals surface area (Å²) in [6, 6.07) is 2.95. The van der Waals surface area contributed by atoms with Crippen LogP contribution >= 0.6 is 0 Å². The molecule has 0 aliphatic carbocycles. The van der Waals surface area contributed by atoms with Crippen LogP contribution in [0.15, 0.2) is 24.3 Å². The summed E-state index contributed by atoms with van der Waals surface area (Å²) in [5.41, 5.74) is 0.701. The van der Waals surface area contributed by atoms with Crippen LogP contribution in [0, 0.1) is 17.8 Å². The first kappa shape index (κ1) is 45.9. The summed E-state index contributed by atoms with van der Waals surface area (Å²) < 4.78 is 16.6. The molecule has 2 fully saturated rings. The van der Waals surface area contributed by atoms with Crippen LogP contribution in [0.4, 0.5) is 0 Å². The molecule has 3 rings (SSSR count). The fourth-order valence-electron chi connectivity index (χ4n) is 7.19. The zero-order valence-electron chi connectivity index (χ0n) is 34.4. The molecule has 0 bridgehead atoms. The Bertz CT molecular complexity index is 1550. The number of ether oxygens (including phenoxy) is 3. The maximum atomic E-state index is 14.3. The predicted octanol–water partition coefficient (Wildman–Crippen LogP) is 2.73. The second-order valence-electron chi connectivity index (χ2n) is 16.0. The standard InChI is InChI=1S/C41H62N4O11/c1-10-25(6)37-32(46)22-36(50)56-38(24(4)5)33(47)21-35(49)42-29(18-23(2)3)39(51)45-17-11-12-30(45)40(52)44(8)31(20-27-13-15-28(54-9)16-14-27)41(53)55-26(7)19-34(48)43-37/h13-16,23-26,29-32,37-38,46H,10-12,17-22H2,1-9H3,(H,42,49)(H,43,48)/t25-,26+,29?,30-,31-,32-,37?,38-/m0/s1. The van der Waals surface area contributed by atoms with Gasteiger partial charge in [0.25, 0.3) is 0 Å². The molecule has 0 saturated carbocycles. The van der Waals surface area contributed by atoms with Gasteiger partial charge >= 0.3 is 11.9 Å². The molecule has 4 amide bonds. The normalized spacial score (nSPS) is 27.7. The number of cyclic esters (lactones) is 2. The minimum Gasteiger partial charge on any atom is -0.497 e. The second-order valence-corrected chi connectivity index (χ2v) is 16.0. The lowest BCUT2D eigenvalue weighted by Crippen LogP contribution is -2.56. The van der Waals surface area contributed by atoms with E-state index in [0.717, 1.165) is 0 Å². The van der Waals surface area contributed by atoms with Gasteiger partial charge < -0.3 is 39.8 Å². The van der Waals surface area contributed by atoms with Gasteiger partial charge in [0.2, 0.25) is 23.6 Å². The molecule has 2 aliphatic heterocycles. The van der Waals surface area contributed by atoms with Crippen LogP contribution in [-0.4, -0.2) is 119 Å². The summed E-state index contributed by atoms with van der Waals surface area (Å²) in [6.07, 6.45) is -3.51. The number of benzene rings is 1. The first-order valence-corrected chi connectivity index (χ1v) is 19.8. The number of nitrogens with one attached hydrogen (secondary N) is 2. The highest BCUT2D eigenvalue weighted by Gasteiger charge is 2.42. The smallest absolute Gasteiger partial charge is 0.329 e. The van der Waals surface area contributed by atoms with Crippen LogP contribution in [0.1, 0.15) is 99.0 Å². The number of hydrogen-bond donors (Lipinski definition) is 3. The van der Waals surface area contributed by atoms with Crippen molar-refractivity contribution < 1.29 is 52.9 Å². The molecule has 15 heteroatoms. The fourth-order valence-corrected chi connectivity index (χ4v) is 7.19. The summed E-state index contributed by atoms with van der Waals surface area (Å²) in [5.74, 6) is -4.87. The van der Waals surface area contributed by atoms with Crippen LogP contribution in [0.25, 0.3) is 0 Å². The van der Waals surface area contributed by atoms with E-state index in [1.807, 2.05) is 20.8 Å². The van der Waals surface area contributed by atoms with Crippen LogP contribution in [0.5, 0.6) is 5.75 Å². The number of hydrogen-bond acceptors (Lipinski definition) is 11. The van der Waals surface area contributed by atoms with Crippen molar-refractivity contribution in [3.63, 3.8) is 0 Å². The summed E-state index contributed by atoms with van der Waals surface area (Å²) in [7, 11) is 3.01. The van der Waals surface area contributed by atoms with E-state index >= 15 is 0 Å². The maximum Gasteiger partial charge on any atom is 0.329 e. The predicted molar refractivity (Wildman–Crippen MR) is 206 cm³/mol. The summed E-state index contributed by atoms with van der Waals surface area (Å²) in [6.45, 7) is 12.5. The number of amides is 4. The van der Waals surface area contributed by atoms with E-state index in [0.29, 0.717) is 30.6 Å². The molecule has 1 aromatic rings. The van der Waals surface area contributed by atoms with Crippen molar-refractivity contribution in [2.24, 2.45) is 17.8 Å². The lowest BCUT2D eigenvalue weighted by Gasteiger charge is -2.34. The van der Waals surface area contributed by atoms with Gasteiger partial charge in [-0.25, -0.2) is 4.79 Å². The molecule has 2 unspecified atom stereocenters. The Hall–Kier alpha value is -4.53. The molecule has 3 N–H and O–H groups in total. The number of rotatable bonds is 8. The van der Waals surface area contributed by atoms with E-state index in [1.165, 1.54) is 24.0 Å². The van der Waals surface area contributed by atoms with E-state index < -0.39 is 103 Å². The molecule has 8 atom stereocenters. The molecule has 0 radical (unpaired) electrons. The fraction of sp³-hybridized carbons (Fsp3) is 0.683. The summed E-state index contributed by atoms with van der Waals surface area (Å²) >= 11 is 0. The molecule has 312 valence electrons. The number of likely N-dealkylation sites (N-methyl/N-ethyl adjacent to an activating group) is 1. The molecule has 2 heterocycles. The number of nitrogens with zero attached hydrogens (tertiary/aromatic N) is 2. The van der Waals surface area contributed by atoms with E-state index in [-0.39, 0.29) is 37.6 Å². The number of carbonyl (C=O) groups excluding carboxylic acids is 7. The SMILES string of the molecule is CC[C@H](C)C1NC(=O)C[C@@H](C)OC(=O)[C@H](Cc2ccc(OC)cc2)N(C)C(=O)[C@@H]2CCCN2C(=O)C(CC(C)C)NC(=O)CC(=O)[C@H](C(C)C)OC(=O)C[C@@H]1O. The highest BCUT2D eigenvalue weighted by molar-refractivity contribution is 6.02. The number of Topliss-reactive ketones (excluding diaryl/α,β-unsaturated/α-hetero) is 1. The number of methoxy groups -OCH3 is 1. The van der Waals surface area contributed by atoms with Gasteiger partial charge in [-0.3, -0.25) is 28.8 Å². The Morgan fingerprint density at radius 1 is 0.911 bits per heavy atom. The van der Waals surface area contributed by atoms with Gasteiger partial charge in [0, 0.05) is 20.0 Å². The molecule has 15 nitrogen and oxygen atoms in total. The first-order valence-electron chi connectivity index (χ1n) is 19.8. The summed E-state index contributed by atoms with van der Waals surface area (Å²) in [5, 5.41) is 16.6. The topological polar surface area (TPSA) is 198 Å². The minimum absolute atomic E-state index is 0.0518. The summed E-state index contributed by atoms with van der Waals surface area (Å²) in [4.78, 5) is 98.3. The maximum absolute atomic E-state index is 14.3. The van der Waals surface area contributed by atoms with Gasteiger partial charge in [-0.05, 0) is 61.6 Å². The molecule has 1 aromatic carbocycles. The Morgan fingerprint density at radius 2 is 1.57 bits per heavy atom. The monoisotopic (exact) mass is 786 g/mol. The van der Waals surface area contributed by atoms with Crippen molar-refractivity contribution in [3.05, 3.63) is 29.8 Å². The van der Waals surface area contributed by atoms with Crippen LogP contribution in [0.2, 0.25) is 0 Å². The highest BCUT2D eigenvalue weighted by atomic mass is 16.6. The lowest BCUT2D eigenvalue weighted by molar-refractivity contribution is -0.161. The van der Waals surface area contributed by atoms with Crippen molar-refractivity contribution in [3.8, 4) is 5.75 Å². The van der Waals surface area contributed by atoms with Gasteiger partial charge in [-0.2, -0.15) is 0 Å². The molecule has 0 spiro atoms. The van der Waals surface area contributed by atoms with Gasteiger partial charge in [0.1, 0.15) is 30.0 Å². The van der Waals surface area contributed by atoms with E-state index in [2.05, 4.69) is 10.6 Å². The molecule has 56 heavy (non-hydrogen) atoms. The number of ketones is 1. The number of fused-ring (bicyclic) bond motifs is 1. The zero-order valence-corrected chi connectivity index (χ0v) is 34.4. The Labute approximate surface area is 330 Å². The van der Waals surface area contributed by atoms with E-state index in [1.54, 1.807) is 52.0 Å². The van der Waals surface area contributed by atoms with Crippen molar-refractivity contribution in [2.45, 2.75) is 142 Å². The third-order valence-corrected chi connectivity index (χ3v) is 10.5. The Morgan fingerprint density at radius 3 is 2.16 bits per heavy atom. The number of aliphatic hydroxyl groups excluding tert-OH is 1. The number of aliphatic hydroxyl groups is 1. The van der Waals surface area contributed by atoms with Crippen molar-refractivity contribution in [1.82, 2.24) is 20.4 Å². The Kier molecular flexibility index (Phi) is 17.3. The quantitative estimate of drug-likeness (QED) is 0.259. The first-order chi connectivity index (χ1) is 26.4. The molecule has 2 aliphatic rings. The minimum atomic E-state index is -1.39. The Balaban J connectivity index is 2.04. The molecule has 2 saturated heterocycles. The molecule has 0 aromatic heterocycles. The van der Waals surface area contributed by atoms with Crippen molar-refractivity contribution in [2.75, 3.05) is 20.7 Å². The lowest BCUT2D eigenvalue weighted by atomic mass is 9.92. The molecular formula is C41H62N4O11. The van der Waals surface area contributed by atoms with Crippen molar-refractivity contribution in [1.29, 1.82) is 0 Å². The van der Waals surface area contributed by atoms with Gasteiger partial charge in [-0.15, -0.1) is 0 Å². The molecular weight excluding hydrogens is 724 g/mol. The third kappa shape index (κ3) is 12.8. The number of carbonyl (C=O) groups is 7. The number of esters is 2. The highest BCUT2D eigenvalue weighted by Crippen LogP contribution is 2.25. The van der Waals surface area contributed by atoms with Crippen LogP contribution < -0.4 is 15.4 Å². The zero-order chi connectivity index (χ0) is 41.9. The van der Waals surface area contributed by atoms with E-state index in [9.17, 15) is 38.7 Å². The van der Waals surface area contributed by atoms with Gasteiger partial charge in [0.15, 0.2) is 11.9 Å². The van der Waals surface area contributed by atoms with Crippen LogP contribution in [-0.2, 0) is 49.5 Å².